The highest BCUT2D eigenvalue weighted by atomic mass is 16.2. The standard InChI is InChI=1S/C18H23N3O/c1-18(2,3)16(13-7-5-4-6-8-13)19-17(22)15-11-14(20-21-15)12-9-10-12/h4-8,11-12,16H,9-10H2,1-3H3,(H,19,22)(H,20,21). The third-order valence-electron chi connectivity index (χ3n) is 4.12. The summed E-state index contributed by atoms with van der Waals surface area (Å²) < 4.78 is 0. The van der Waals surface area contributed by atoms with E-state index >= 15 is 0 Å². The maximum Gasteiger partial charge on any atom is 0.272 e. The number of hydrogen-bond acceptors (Lipinski definition) is 2. The molecule has 0 bridgehead atoms. The molecule has 1 saturated carbocycles. The van der Waals surface area contributed by atoms with Crippen molar-refractivity contribution in [3.05, 3.63) is 53.3 Å². The van der Waals surface area contributed by atoms with Crippen LogP contribution in [0.4, 0.5) is 0 Å². The Hall–Kier alpha value is -2.10. The van der Waals surface area contributed by atoms with E-state index in [1.165, 1.54) is 12.8 Å². The fraction of sp³-hybridized carbons (Fsp3) is 0.444. The number of benzene rings is 1. The van der Waals surface area contributed by atoms with Crippen LogP contribution >= 0.6 is 0 Å². The van der Waals surface area contributed by atoms with Gasteiger partial charge in [-0.1, -0.05) is 51.1 Å². The first-order chi connectivity index (χ1) is 10.4. The first-order valence-electron chi connectivity index (χ1n) is 7.86. The monoisotopic (exact) mass is 297 g/mol. The lowest BCUT2D eigenvalue weighted by Crippen LogP contribution is -2.36. The van der Waals surface area contributed by atoms with Crippen molar-refractivity contribution in [2.45, 2.75) is 45.6 Å². The van der Waals surface area contributed by atoms with E-state index in [-0.39, 0.29) is 17.4 Å². The van der Waals surface area contributed by atoms with Gasteiger partial charge < -0.3 is 5.32 Å². The number of amides is 1. The van der Waals surface area contributed by atoms with E-state index in [4.69, 9.17) is 0 Å². The van der Waals surface area contributed by atoms with E-state index in [9.17, 15) is 4.79 Å². The average molecular weight is 297 g/mol. The number of carbonyl (C=O) groups is 1. The van der Waals surface area contributed by atoms with Crippen molar-refractivity contribution in [2.75, 3.05) is 0 Å². The number of carbonyl (C=O) groups excluding carboxylic acids is 1. The third kappa shape index (κ3) is 3.21. The van der Waals surface area contributed by atoms with Gasteiger partial charge in [0.05, 0.1) is 6.04 Å². The zero-order chi connectivity index (χ0) is 15.7. The van der Waals surface area contributed by atoms with Crippen LogP contribution in [-0.2, 0) is 0 Å². The molecule has 3 rings (SSSR count). The van der Waals surface area contributed by atoms with Crippen LogP contribution in [0.15, 0.2) is 36.4 Å². The number of hydrogen-bond donors (Lipinski definition) is 2. The molecule has 2 aromatic rings. The number of nitrogens with one attached hydrogen (secondary N) is 2. The maximum atomic E-state index is 12.5. The number of rotatable bonds is 4. The van der Waals surface area contributed by atoms with E-state index < -0.39 is 0 Å². The smallest absolute Gasteiger partial charge is 0.272 e. The Labute approximate surface area is 131 Å². The SMILES string of the molecule is CC(C)(C)C(NC(=O)c1cc(C2CC2)[nH]n1)c1ccccc1. The Bertz CT molecular complexity index is 650. The van der Waals surface area contributed by atoms with E-state index in [1.807, 2.05) is 24.3 Å². The summed E-state index contributed by atoms with van der Waals surface area (Å²) in [7, 11) is 0. The summed E-state index contributed by atoms with van der Waals surface area (Å²) in [5.74, 6) is 0.452. The van der Waals surface area contributed by atoms with Crippen LogP contribution in [0.3, 0.4) is 0 Å². The van der Waals surface area contributed by atoms with Gasteiger partial charge in [0.15, 0.2) is 0 Å². The maximum absolute atomic E-state index is 12.5. The van der Waals surface area contributed by atoms with E-state index in [0.717, 1.165) is 11.3 Å². The van der Waals surface area contributed by atoms with Crippen LogP contribution in [0.5, 0.6) is 0 Å². The lowest BCUT2D eigenvalue weighted by molar-refractivity contribution is 0.0896. The zero-order valence-corrected chi connectivity index (χ0v) is 13.4. The zero-order valence-electron chi connectivity index (χ0n) is 13.4. The number of nitrogens with zero attached hydrogens (tertiary/aromatic N) is 1. The van der Waals surface area contributed by atoms with Crippen molar-refractivity contribution in [3.8, 4) is 0 Å². The van der Waals surface area contributed by atoms with Gasteiger partial charge in [0.2, 0.25) is 0 Å². The quantitative estimate of drug-likeness (QED) is 0.901. The molecule has 1 aromatic carbocycles. The minimum atomic E-state index is -0.119. The van der Waals surface area contributed by atoms with Crippen LogP contribution in [0.1, 0.15) is 67.3 Å². The molecule has 0 spiro atoms. The highest BCUT2D eigenvalue weighted by Crippen LogP contribution is 2.39. The number of H-pyrrole nitrogens is 1. The summed E-state index contributed by atoms with van der Waals surface area (Å²) in [5.41, 5.74) is 2.60. The summed E-state index contributed by atoms with van der Waals surface area (Å²) in [6, 6.07) is 11.9. The topological polar surface area (TPSA) is 57.8 Å². The molecule has 0 saturated heterocycles. The molecule has 116 valence electrons. The molecule has 1 aliphatic carbocycles. The lowest BCUT2D eigenvalue weighted by atomic mass is 9.82. The molecular formula is C18H23N3O. The highest BCUT2D eigenvalue weighted by molar-refractivity contribution is 5.92. The van der Waals surface area contributed by atoms with Crippen LogP contribution in [0, 0.1) is 5.41 Å². The fourth-order valence-corrected chi connectivity index (χ4v) is 2.71. The molecule has 1 aromatic heterocycles. The molecule has 1 atom stereocenters. The molecule has 1 fully saturated rings. The van der Waals surface area contributed by atoms with Gasteiger partial charge >= 0.3 is 0 Å². The second-order valence-corrected chi connectivity index (χ2v) is 7.17. The number of aromatic nitrogens is 2. The highest BCUT2D eigenvalue weighted by Gasteiger charge is 2.30. The van der Waals surface area contributed by atoms with Gasteiger partial charge in [-0.3, -0.25) is 9.89 Å². The van der Waals surface area contributed by atoms with E-state index in [1.54, 1.807) is 0 Å². The first kappa shape index (κ1) is 14.8. The molecule has 0 aliphatic heterocycles. The summed E-state index contributed by atoms with van der Waals surface area (Å²) in [5, 5.41) is 10.3. The minimum absolute atomic E-state index is 0.0534. The Kier molecular flexibility index (Phi) is 3.77. The minimum Gasteiger partial charge on any atom is -0.343 e. The van der Waals surface area contributed by atoms with E-state index in [0.29, 0.717) is 11.6 Å². The molecule has 1 aliphatic rings. The second kappa shape index (κ2) is 5.59. The summed E-state index contributed by atoms with van der Waals surface area (Å²) in [4.78, 5) is 12.5. The van der Waals surface area contributed by atoms with Gasteiger partial charge in [0.25, 0.3) is 5.91 Å². The predicted octanol–water partition coefficient (Wildman–Crippen LogP) is 3.80. The van der Waals surface area contributed by atoms with Gasteiger partial charge in [0.1, 0.15) is 5.69 Å². The first-order valence-corrected chi connectivity index (χ1v) is 7.86. The van der Waals surface area contributed by atoms with Crippen molar-refractivity contribution in [1.29, 1.82) is 0 Å². The van der Waals surface area contributed by atoms with E-state index in [2.05, 4.69) is 48.4 Å². The molecule has 1 amide bonds. The Morgan fingerprint density at radius 1 is 1.27 bits per heavy atom. The van der Waals surface area contributed by atoms with Gasteiger partial charge in [0, 0.05) is 11.6 Å². The van der Waals surface area contributed by atoms with Gasteiger partial charge in [-0.25, -0.2) is 0 Å². The van der Waals surface area contributed by atoms with Crippen molar-refractivity contribution in [1.82, 2.24) is 15.5 Å². The average Bonchev–Trinajstić information content (AvgIpc) is 3.21. The molecule has 22 heavy (non-hydrogen) atoms. The summed E-state index contributed by atoms with van der Waals surface area (Å²) in [6.07, 6.45) is 2.38. The van der Waals surface area contributed by atoms with Crippen molar-refractivity contribution in [3.63, 3.8) is 0 Å². The van der Waals surface area contributed by atoms with Gasteiger partial charge in [-0.05, 0) is 29.9 Å². The molecule has 1 heterocycles. The molecular weight excluding hydrogens is 274 g/mol. The van der Waals surface area contributed by atoms with Gasteiger partial charge in [-0.15, -0.1) is 0 Å². The second-order valence-electron chi connectivity index (χ2n) is 7.17. The summed E-state index contributed by atoms with van der Waals surface area (Å²) in [6.45, 7) is 6.39. The third-order valence-corrected chi connectivity index (χ3v) is 4.12. The Morgan fingerprint density at radius 2 is 1.95 bits per heavy atom. The number of aromatic amines is 1. The Balaban J connectivity index is 1.79. The van der Waals surface area contributed by atoms with Crippen molar-refractivity contribution < 1.29 is 4.79 Å². The lowest BCUT2D eigenvalue weighted by Gasteiger charge is -2.31. The Morgan fingerprint density at radius 3 is 2.55 bits per heavy atom. The van der Waals surface area contributed by atoms with Gasteiger partial charge in [-0.2, -0.15) is 5.10 Å². The molecule has 1 unspecified atom stereocenters. The van der Waals surface area contributed by atoms with Crippen molar-refractivity contribution >= 4 is 5.91 Å². The van der Waals surface area contributed by atoms with Crippen LogP contribution in [0.2, 0.25) is 0 Å². The fourth-order valence-electron chi connectivity index (χ4n) is 2.71. The molecule has 2 N–H and O–H groups in total. The molecule has 0 radical (unpaired) electrons. The van der Waals surface area contributed by atoms with Crippen LogP contribution in [-0.4, -0.2) is 16.1 Å². The molecule has 4 nitrogen and oxygen atoms in total. The normalized spacial score (nSPS) is 16.3. The van der Waals surface area contributed by atoms with Crippen LogP contribution < -0.4 is 5.32 Å². The van der Waals surface area contributed by atoms with Crippen LogP contribution in [0.25, 0.3) is 0 Å². The molecule has 4 heteroatoms. The predicted molar refractivity (Wildman–Crippen MR) is 86.7 cm³/mol. The van der Waals surface area contributed by atoms with Crippen molar-refractivity contribution in [2.24, 2.45) is 5.41 Å². The summed E-state index contributed by atoms with van der Waals surface area (Å²) >= 11 is 0. The largest absolute Gasteiger partial charge is 0.343 e.